The number of fused-ring (bicyclic) bond motifs is 1. The normalized spacial score (nSPS) is 10.9. The molecule has 0 fully saturated rings. The van der Waals surface area contributed by atoms with Crippen LogP contribution in [-0.4, -0.2) is 27.8 Å². The lowest BCUT2D eigenvalue weighted by Crippen LogP contribution is -2.28. The molecular formula is C21H22FN3O2S. The van der Waals surface area contributed by atoms with E-state index in [1.165, 1.54) is 23.9 Å². The standard InChI is InChI=1S/C21H22FN3O2S/c1-2-3-12-23-19(26)14-28-21-24-18-7-5-4-6-17(18)20(27)25(21)13-15-8-10-16(22)11-9-15/h4-11H,2-3,12-14H2,1H3,(H,23,26). The lowest BCUT2D eigenvalue weighted by molar-refractivity contribution is -0.118. The Morgan fingerprint density at radius 3 is 2.68 bits per heavy atom. The van der Waals surface area contributed by atoms with E-state index < -0.39 is 0 Å². The minimum absolute atomic E-state index is 0.0887. The SMILES string of the molecule is CCCCNC(=O)CSc1nc2ccccc2c(=O)n1Cc1ccc(F)cc1. The van der Waals surface area contributed by atoms with Gasteiger partial charge in [-0.1, -0.05) is 49.4 Å². The van der Waals surface area contributed by atoms with Crippen molar-refractivity contribution in [2.24, 2.45) is 0 Å². The van der Waals surface area contributed by atoms with Crippen molar-refractivity contribution in [2.75, 3.05) is 12.3 Å². The van der Waals surface area contributed by atoms with Gasteiger partial charge in [-0.15, -0.1) is 0 Å². The van der Waals surface area contributed by atoms with Gasteiger partial charge in [0.15, 0.2) is 5.16 Å². The number of hydrogen-bond acceptors (Lipinski definition) is 4. The Kier molecular flexibility index (Phi) is 6.81. The smallest absolute Gasteiger partial charge is 0.262 e. The van der Waals surface area contributed by atoms with Crippen LogP contribution in [0.2, 0.25) is 0 Å². The van der Waals surface area contributed by atoms with Crippen molar-refractivity contribution >= 4 is 28.6 Å². The van der Waals surface area contributed by atoms with Crippen LogP contribution in [0, 0.1) is 5.82 Å². The zero-order valence-electron chi connectivity index (χ0n) is 15.7. The molecule has 0 saturated heterocycles. The Labute approximate surface area is 167 Å². The number of nitrogens with one attached hydrogen (secondary N) is 1. The van der Waals surface area contributed by atoms with E-state index in [9.17, 15) is 14.0 Å². The number of unbranched alkanes of at least 4 members (excludes halogenated alkanes) is 1. The monoisotopic (exact) mass is 399 g/mol. The van der Waals surface area contributed by atoms with Crippen LogP contribution in [-0.2, 0) is 11.3 Å². The summed E-state index contributed by atoms with van der Waals surface area (Å²) in [4.78, 5) is 29.7. The van der Waals surface area contributed by atoms with E-state index in [1.54, 1.807) is 34.9 Å². The second-order valence-corrected chi connectivity index (χ2v) is 7.36. The molecule has 0 bridgehead atoms. The maximum absolute atomic E-state index is 13.2. The summed E-state index contributed by atoms with van der Waals surface area (Å²) in [6, 6.07) is 13.1. The van der Waals surface area contributed by atoms with E-state index in [0.29, 0.717) is 22.6 Å². The summed E-state index contributed by atoms with van der Waals surface area (Å²) in [6.07, 6.45) is 1.94. The van der Waals surface area contributed by atoms with Crippen LogP contribution in [0.3, 0.4) is 0 Å². The maximum atomic E-state index is 13.2. The lowest BCUT2D eigenvalue weighted by Gasteiger charge is -2.13. The van der Waals surface area contributed by atoms with Gasteiger partial charge < -0.3 is 5.32 Å². The molecule has 28 heavy (non-hydrogen) atoms. The highest BCUT2D eigenvalue weighted by Crippen LogP contribution is 2.19. The third kappa shape index (κ3) is 4.98. The summed E-state index contributed by atoms with van der Waals surface area (Å²) in [5.41, 5.74) is 1.20. The van der Waals surface area contributed by atoms with Crippen LogP contribution in [0.15, 0.2) is 58.5 Å². The molecule has 1 aromatic heterocycles. The van der Waals surface area contributed by atoms with Gasteiger partial charge in [0.2, 0.25) is 5.91 Å². The lowest BCUT2D eigenvalue weighted by atomic mass is 10.2. The minimum atomic E-state index is -0.328. The molecular weight excluding hydrogens is 377 g/mol. The van der Waals surface area contributed by atoms with Crippen molar-refractivity contribution in [3.63, 3.8) is 0 Å². The zero-order chi connectivity index (χ0) is 19.9. The first-order chi connectivity index (χ1) is 13.6. The topological polar surface area (TPSA) is 64.0 Å². The quantitative estimate of drug-likeness (QED) is 0.357. The Bertz CT molecular complexity index is 1020. The van der Waals surface area contributed by atoms with E-state index in [0.717, 1.165) is 18.4 Å². The average Bonchev–Trinajstić information content (AvgIpc) is 2.70. The van der Waals surface area contributed by atoms with Crippen molar-refractivity contribution in [3.8, 4) is 0 Å². The summed E-state index contributed by atoms with van der Waals surface area (Å²) in [5.74, 6) is -0.238. The van der Waals surface area contributed by atoms with Crippen molar-refractivity contribution in [2.45, 2.75) is 31.5 Å². The number of carbonyl (C=O) groups excluding carboxylic acids is 1. The molecule has 1 amide bonds. The second kappa shape index (κ2) is 9.50. The van der Waals surface area contributed by atoms with Crippen LogP contribution in [0.5, 0.6) is 0 Å². The van der Waals surface area contributed by atoms with Crippen molar-refractivity contribution in [1.29, 1.82) is 0 Å². The van der Waals surface area contributed by atoms with E-state index in [2.05, 4.69) is 17.2 Å². The molecule has 5 nitrogen and oxygen atoms in total. The first-order valence-electron chi connectivity index (χ1n) is 9.22. The predicted molar refractivity (Wildman–Crippen MR) is 110 cm³/mol. The average molecular weight is 399 g/mol. The van der Waals surface area contributed by atoms with Gasteiger partial charge in [-0.3, -0.25) is 14.2 Å². The second-order valence-electron chi connectivity index (χ2n) is 6.42. The number of para-hydroxylation sites is 1. The van der Waals surface area contributed by atoms with Gasteiger partial charge in [-0.05, 0) is 36.2 Å². The van der Waals surface area contributed by atoms with Crippen LogP contribution in [0.25, 0.3) is 10.9 Å². The summed E-state index contributed by atoms with van der Waals surface area (Å²) in [5, 5.41) is 3.85. The van der Waals surface area contributed by atoms with Gasteiger partial charge in [-0.25, -0.2) is 9.37 Å². The number of aromatic nitrogens is 2. The van der Waals surface area contributed by atoms with E-state index in [-0.39, 0.29) is 29.6 Å². The molecule has 0 atom stereocenters. The Morgan fingerprint density at radius 1 is 1.18 bits per heavy atom. The van der Waals surface area contributed by atoms with Gasteiger partial charge in [0.05, 0.1) is 23.2 Å². The molecule has 3 aromatic rings. The molecule has 0 saturated carbocycles. The first-order valence-corrected chi connectivity index (χ1v) is 10.2. The first kappa shape index (κ1) is 20.1. The van der Waals surface area contributed by atoms with Crippen LogP contribution >= 0.6 is 11.8 Å². The molecule has 0 radical (unpaired) electrons. The van der Waals surface area contributed by atoms with Gasteiger partial charge in [-0.2, -0.15) is 0 Å². The highest BCUT2D eigenvalue weighted by molar-refractivity contribution is 7.99. The minimum Gasteiger partial charge on any atom is -0.355 e. The molecule has 0 aliphatic rings. The Hall–Kier alpha value is -2.67. The van der Waals surface area contributed by atoms with Crippen molar-refractivity contribution in [3.05, 3.63) is 70.3 Å². The van der Waals surface area contributed by atoms with E-state index in [4.69, 9.17) is 0 Å². The molecule has 1 N–H and O–H groups in total. The fourth-order valence-corrected chi connectivity index (χ4v) is 3.58. The summed E-state index contributed by atoms with van der Waals surface area (Å²) in [7, 11) is 0. The third-order valence-corrected chi connectivity index (χ3v) is 5.24. The molecule has 7 heteroatoms. The Morgan fingerprint density at radius 2 is 1.93 bits per heavy atom. The highest BCUT2D eigenvalue weighted by Gasteiger charge is 2.13. The predicted octanol–water partition coefficient (Wildman–Crippen LogP) is 3.59. The maximum Gasteiger partial charge on any atom is 0.262 e. The van der Waals surface area contributed by atoms with E-state index >= 15 is 0 Å². The number of halogens is 1. The van der Waals surface area contributed by atoms with Gasteiger partial charge in [0.1, 0.15) is 5.82 Å². The molecule has 2 aromatic carbocycles. The number of nitrogens with zero attached hydrogens (tertiary/aromatic N) is 2. The highest BCUT2D eigenvalue weighted by atomic mass is 32.2. The van der Waals surface area contributed by atoms with Crippen LogP contribution in [0.4, 0.5) is 4.39 Å². The van der Waals surface area contributed by atoms with Crippen molar-refractivity contribution in [1.82, 2.24) is 14.9 Å². The fraction of sp³-hybridized carbons (Fsp3) is 0.286. The zero-order valence-corrected chi connectivity index (χ0v) is 16.5. The third-order valence-electron chi connectivity index (χ3n) is 4.27. The van der Waals surface area contributed by atoms with Crippen LogP contribution < -0.4 is 10.9 Å². The van der Waals surface area contributed by atoms with Crippen molar-refractivity contribution < 1.29 is 9.18 Å². The molecule has 0 aliphatic carbocycles. The van der Waals surface area contributed by atoms with Gasteiger partial charge in [0.25, 0.3) is 5.56 Å². The van der Waals surface area contributed by atoms with E-state index in [1.807, 2.05) is 6.07 Å². The Balaban J connectivity index is 1.89. The number of benzene rings is 2. The number of rotatable bonds is 8. The summed E-state index contributed by atoms with van der Waals surface area (Å²) in [6.45, 7) is 2.97. The van der Waals surface area contributed by atoms with Crippen LogP contribution in [0.1, 0.15) is 25.3 Å². The molecule has 0 unspecified atom stereocenters. The fourth-order valence-electron chi connectivity index (χ4n) is 2.76. The summed E-state index contributed by atoms with van der Waals surface area (Å²) >= 11 is 1.23. The molecule has 146 valence electrons. The largest absolute Gasteiger partial charge is 0.355 e. The number of amides is 1. The number of hydrogen-bond donors (Lipinski definition) is 1. The number of thioether (sulfide) groups is 1. The van der Waals surface area contributed by atoms with Gasteiger partial charge in [0, 0.05) is 6.54 Å². The molecule has 1 heterocycles. The number of carbonyl (C=O) groups is 1. The van der Waals surface area contributed by atoms with Gasteiger partial charge >= 0.3 is 0 Å². The molecule has 3 rings (SSSR count). The summed E-state index contributed by atoms with van der Waals surface area (Å²) < 4.78 is 14.7. The molecule has 0 spiro atoms. The molecule has 0 aliphatic heterocycles.